The zero-order valence-electron chi connectivity index (χ0n) is 13.0. The van der Waals surface area contributed by atoms with Crippen LogP contribution in [0.3, 0.4) is 0 Å². The average Bonchev–Trinajstić information content (AvgIpc) is 2.90. The third-order valence-corrected chi connectivity index (χ3v) is 5.71. The second-order valence-corrected chi connectivity index (χ2v) is 7.33. The van der Waals surface area contributed by atoms with Crippen LogP contribution in [0.2, 0.25) is 0 Å². The van der Waals surface area contributed by atoms with E-state index in [1.165, 1.54) is 8.61 Å². The van der Waals surface area contributed by atoms with Gasteiger partial charge in [-0.3, -0.25) is 4.79 Å². The van der Waals surface area contributed by atoms with E-state index in [1.807, 2.05) is 13.8 Å². The maximum absolute atomic E-state index is 12.7. The van der Waals surface area contributed by atoms with Gasteiger partial charge in [-0.2, -0.15) is 17.0 Å². The quantitative estimate of drug-likeness (QED) is 0.677. The third kappa shape index (κ3) is 4.38. The highest BCUT2D eigenvalue weighted by Crippen LogP contribution is 2.24. The van der Waals surface area contributed by atoms with E-state index < -0.39 is 28.1 Å². The van der Waals surface area contributed by atoms with Gasteiger partial charge in [0.1, 0.15) is 0 Å². The van der Waals surface area contributed by atoms with Crippen molar-refractivity contribution < 1.29 is 23.1 Å². The van der Waals surface area contributed by atoms with E-state index in [4.69, 9.17) is 4.74 Å². The first-order chi connectivity index (χ1) is 9.86. The molecule has 0 amide bonds. The molecule has 1 aliphatic heterocycles. The minimum atomic E-state index is -3.66. The number of unbranched alkanes of at least 4 members (excludes halogenated alkanes) is 1. The van der Waals surface area contributed by atoms with E-state index >= 15 is 0 Å². The molecule has 1 aliphatic rings. The molecule has 0 aromatic carbocycles. The Balaban J connectivity index is 2.96. The molecule has 1 fully saturated rings. The second-order valence-electron chi connectivity index (χ2n) is 5.34. The fraction of sp³-hybridized carbons (Fsp3) is 0.923. The molecule has 0 aromatic rings. The van der Waals surface area contributed by atoms with Crippen molar-refractivity contribution in [1.82, 2.24) is 8.61 Å². The van der Waals surface area contributed by atoms with Crippen LogP contribution in [-0.4, -0.2) is 67.5 Å². The molecule has 1 N–H and O–H groups in total. The summed E-state index contributed by atoms with van der Waals surface area (Å²) in [6.45, 7) is 4.81. The van der Waals surface area contributed by atoms with Gasteiger partial charge in [0, 0.05) is 20.1 Å². The molecule has 124 valence electrons. The number of carbonyl (C=O) groups is 1. The molecule has 0 aromatic heterocycles. The van der Waals surface area contributed by atoms with Gasteiger partial charge in [-0.15, -0.1) is 0 Å². The molecule has 1 heterocycles. The molecule has 0 spiro atoms. The van der Waals surface area contributed by atoms with E-state index in [-0.39, 0.29) is 13.2 Å². The van der Waals surface area contributed by atoms with Crippen molar-refractivity contribution in [3.05, 3.63) is 0 Å². The maximum Gasteiger partial charge on any atom is 0.310 e. The van der Waals surface area contributed by atoms with Gasteiger partial charge in [-0.1, -0.05) is 20.3 Å². The molecule has 1 rings (SSSR count). The van der Waals surface area contributed by atoms with Crippen LogP contribution in [-0.2, 0) is 19.7 Å². The average molecular weight is 322 g/mol. The summed E-state index contributed by atoms with van der Waals surface area (Å²) in [5.41, 5.74) is 0. The number of nitrogens with zero attached hydrogens (tertiary/aromatic N) is 2. The number of carboxylic acid groups (broad SMARTS) is 1. The minimum Gasteiger partial charge on any atom is -0.481 e. The summed E-state index contributed by atoms with van der Waals surface area (Å²) in [6.07, 6.45) is 2.31. The minimum absolute atomic E-state index is 0.0639. The van der Waals surface area contributed by atoms with Crippen LogP contribution in [0.15, 0.2) is 0 Å². The van der Waals surface area contributed by atoms with Crippen LogP contribution in [0.4, 0.5) is 0 Å². The lowest BCUT2D eigenvalue weighted by Gasteiger charge is -2.32. The zero-order valence-corrected chi connectivity index (χ0v) is 13.8. The largest absolute Gasteiger partial charge is 0.481 e. The molecule has 7 nitrogen and oxygen atoms in total. The van der Waals surface area contributed by atoms with Gasteiger partial charge in [-0.25, -0.2) is 0 Å². The lowest BCUT2D eigenvalue weighted by molar-refractivity contribution is -0.142. The lowest BCUT2D eigenvalue weighted by atomic mass is 10.0. The van der Waals surface area contributed by atoms with Crippen LogP contribution in [0.25, 0.3) is 0 Å². The molecule has 0 aliphatic carbocycles. The molecule has 2 atom stereocenters. The summed E-state index contributed by atoms with van der Waals surface area (Å²) in [5, 5.41) is 9.23. The summed E-state index contributed by atoms with van der Waals surface area (Å²) < 4.78 is 33.2. The maximum atomic E-state index is 12.7. The molecule has 1 saturated heterocycles. The van der Waals surface area contributed by atoms with E-state index in [9.17, 15) is 18.3 Å². The Hall–Kier alpha value is -0.700. The first-order valence-corrected chi connectivity index (χ1v) is 8.79. The third-order valence-electron chi connectivity index (χ3n) is 3.70. The standard InChI is InChI=1S/C13H26N2O5S/c1-4-6-8-14(3)21(18,19)15(7-5-2)12-10-20-9-11(12)13(16)17/h11-12H,4-10H2,1-3H3,(H,16,17). The van der Waals surface area contributed by atoms with Gasteiger partial charge in [0.25, 0.3) is 10.2 Å². The molecule has 0 bridgehead atoms. The Kier molecular flexibility index (Phi) is 7.05. The fourth-order valence-electron chi connectivity index (χ4n) is 2.41. The fourth-order valence-corrected chi connectivity index (χ4v) is 4.09. The van der Waals surface area contributed by atoms with Gasteiger partial charge in [0.2, 0.25) is 0 Å². The second kappa shape index (κ2) is 8.07. The highest BCUT2D eigenvalue weighted by atomic mass is 32.2. The van der Waals surface area contributed by atoms with Crippen molar-refractivity contribution >= 4 is 16.2 Å². The Morgan fingerprint density at radius 3 is 2.43 bits per heavy atom. The number of hydrogen-bond donors (Lipinski definition) is 1. The molecule has 21 heavy (non-hydrogen) atoms. The molecule has 0 saturated carbocycles. The predicted octanol–water partition coefficient (Wildman–Crippen LogP) is 0.775. The van der Waals surface area contributed by atoms with Gasteiger partial charge in [0.05, 0.1) is 25.2 Å². The van der Waals surface area contributed by atoms with Crippen molar-refractivity contribution in [2.24, 2.45) is 5.92 Å². The van der Waals surface area contributed by atoms with Crippen molar-refractivity contribution in [3.63, 3.8) is 0 Å². The van der Waals surface area contributed by atoms with Crippen molar-refractivity contribution in [2.75, 3.05) is 33.4 Å². The van der Waals surface area contributed by atoms with Crippen LogP contribution in [0, 0.1) is 5.92 Å². The summed E-state index contributed by atoms with van der Waals surface area (Å²) in [6, 6.07) is -0.628. The number of carboxylic acids is 1. The van der Waals surface area contributed by atoms with Gasteiger partial charge in [0.15, 0.2) is 0 Å². The normalized spacial score (nSPS) is 23.1. The molecule has 2 unspecified atom stereocenters. The first kappa shape index (κ1) is 18.3. The van der Waals surface area contributed by atoms with Crippen molar-refractivity contribution in [1.29, 1.82) is 0 Å². The highest BCUT2D eigenvalue weighted by Gasteiger charge is 2.43. The topological polar surface area (TPSA) is 87.2 Å². The van der Waals surface area contributed by atoms with E-state index in [0.717, 1.165) is 12.8 Å². The lowest BCUT2D eigenvalue weighted by Crippen LogP contribution is -2.51. The van der Waals surface area contributed by atoms with Crippen LogP contribution in [0.5, 0.6) is 0 Å². The molecule has 8 heteroatoms. The van der Waals surface area contributed by atoms with Crippen LogP contribution >= 0.6 is 0 Å². The molecular weight excluding hydrogens is 296 g/mol. The SMILES string of the molecule is CCCCN(C)S(=O)(=O)N(CCC)C1COCC1C(=O)O. The van der Waals surface area contributed by atoms with E-state index in [1.54, 1.807) is 7.05 Å². The number of ether oxygens (including phenoxy) is 1. The Morgan fingerprint density at radius 2 is 1.90 bits per heavy atom. The number of rotatable bonds is 9. The van der Waals surface area contributed by atoms with Gasteiger partial charge < -0.3 is 9.84 Å². The first-order valence-electron chi connectivity index (χ1n) is 7.39. The summed E-state index contributed by atoms with van der Waals surface area (Å²) in [4.78, 5) is 11.3. The smallest absolute Gasteiger partial charge is 0.310 e. The zero-order chi connectivity index (χ0) is 16.0. The van der Waals surface area contributed by atoms with Crippen LogP contribution < -0.4 is 0 Å². The van der Waals surface area contributed by atoms with Gasteiger partial charge in [-0.05, 0) is 12.8 Å². The molecule has 0 radical (unpaired) electrons. The highest BCUT2D eigenvalue weighted by molar-refractivity contribution is 7.86. The van der Waals surface area contributed by atoms with E-state index in [0.29, 0.717) is 19.5 Å². The van der Waals surface area contributed by atoms with Crippen LogP contribution in [0.1, 0.15) is 33.1 Å². The van der Waals surface area contributed by atoms with Crippen molar-refractivity contribution in [2.45, 2.75) is 39.2 Å². The summed E-state index contributed by atoms with van der Waals surface area (Å²) in [7, 11) is -2.12. The number of hydrogen-bond acceptors (Lipinski definition) is 4. The Labute approximate surface area is 127 Å². The monoisotopic (exact) mass is 322 g/mol. The number of aliphatic carboxylic acids is 1. The Morgan fingerprint density at radius 1 is 1.24 bits per heavy atom. The predicted molar refractivity (Wildman–Crippen MR) is 79.2 cm³/mol. The molecular formula is C13H26N2O5S. The summed E-state index contributed by atoms with van der Waals surface area (Å²) >= 11 is 0. The van der Waals surface area contributed by atoms with E-state index in [2.05, 4.69) is 0 Å². The summed E-state index contributed by atoms with van der Waals surface area (Å²) in [5.74, 6) is -1.81. The Bertz CT molecular complexity index is 440. The van der Waals surface area contributed by atoms with Crippen molar-refractivity contribution in [3.8, 4) is 0 Å². The van der Waals surface area contributed by atoms with Gasteiger partial charge >= 0.3 is 5.97 Å².